The Hall–Kier alpha value is -3.28. The first-order chi connectivity index (χ1) is 12.5. The van der Waals surface area contributed by atoms with Gasteiger partial charge in [0.05, 0.1) is 12.8 Å². The summed E-state index contributed by atoms with van der Waals surface area (Å²) in [6.07, 6.45) is -0.999. The molecule has 0 radical (unpaired) electrons. The summed E-state index contributed by atoms with van der Waals surface area (Å²) in [4.78, 5) is 24.6. The van der Waals surface area contributed by atoms with Gasteiger partial charge in [-0.1, -0.05) is 24.3 Å². The molecule has 1 aromatic heterocycles. The Morgan fingerprint density at radius 3 is 2.62 bits per heavy atom. The molecule has 0 aliphatic carbocycles. The van der Waals surface area contributed by atoms with Crippen LogP contribution in [-0.2, 0) is 9.53 Å². The molecule has 0 spiro atoms. The summed E-state index contributed by atoms with van der Waals surface area (Å²) in [5, 5.41) is 3.51. The number of nitrogens with one attached hydrogen (secondary N) is 1. The van der Waals surface area contributed by atoms with Crippen molar-refractivity contribution in [3.63, 3.8) is 0 Å². The molecule has 2 aromatic carbocycles. The molecule has 3 aromatic rings. The summed E-state index contributed by atoms with van der Waals surface area (Å²) in [5.74, 6) is -0.572. The summed E-state index contributed by atoms with van der Waals surface area (Å²) in [7, 11) is 1.52. The van der Waals surface area contributed by atoms with E-state index in [1.54, 1.807) is 24.3 Å². The van der Waals surface area contributed by atoms with Gasteiger partial charge in [0.1, 0.15) is 11.3 Å². The van der Waals surface area contributed by atoms with Gasteiger partial charge in [-0.3, -0.25) is 4.79 Å². The van der Waals surface area contributed by atoms with Gasteiger partial charge in [0.15, 0.2) is 6.10 Å². The molecule has 1 N–H and O–H groups in total. The highest BCUT2D eigenvalue weighted by molar-refractivity contribution is 5.98. The van der Waals surface area contributed by atoms with E-state index in [9.17, 15) is 9.59 Å². The van der Waals surface area contributed by atoms with Crippen LogP contribution in [0.15, 0.2) is 52.9 Å². The minimum atomic E-state index is -0.999. The zero-order chi connectivity index (χ0) is 18.7. The average molecular weight is 353 g/mol. The summed E-state index contributed by atoms with van der Waals surface area (Å²) >= 11 is 0. The van der Waals surface area contributed by atoms with Crippen LogP contribution in [0.25, 0.3) is 11.0 Å². The van der Waals surface area contributed by atoms with Gasteiger partial charge in [-0.05, 0) is 43.7 Å². The van der Waals surface area contributed by atoms with E-state index in [1.165, 1.54) is 14.0 Å². The Bertz CT molecular complexity index is 927. The van der Waals surface area contributed by atoms with E-state index in [0.717, 1.165) is 10.9 Å². The van der Waals surface area contributed by atoms with Crippen molar-refractivity contribution in [3.8, 4) is 5.75 Å². The second-order valence-corrected chi connectivity index (χ2v) is 5.89. The van der Waals surface area contributed by atoms with Crippen molar-refractivity contribution >= 4 is 28.5 Å². The Kier molecular flexibility index (Phi) is 4.93. The van der Waals surface area contributed by atoms with Crippen molar-refractivity contribution < 1.29 is 23.5 Å². The highest BCUT2D eigenvalue weighted by Crippen LogP contribution is 2.25. The topological polar surface area (TPSA) is 77.8 Å². The normalized spacial score (nSPS) is 11.8. The molecule has 26 heavy (non-hydrogen) atoms. The number of aryl methyl sites for hydroxylation is 1. The number of hydrogen-bond acceptors (Lipinski definition) is 5. The number of esters is 1. The van der Waals surface area contributed by atoms with E-state index >= 15 is 0 Å². The summed E-state index contributed by atoms with van der Waals surface area (Å²) in [5.41, 5.74) is 2.07. The molecule has 0 saturated heterocycles. The third-order valence-corrected chi connectivity index (χ3v) is 3.89. The fourth-order valence-corrected chi connectivity index (χ4v) is 2.51. The quantitative estimate of drug-likeness (QED) is 0.703. The van der Waals surface area contributed by atoms with Crippen LogP contribution in [0.2, 0.25) is 0 Å². The molecule has 0 aliphatic rings. The van der Waals surface area contributed by atoms with Crippen LogP contribution in [0, 0.1) is 6.92 Å². The molecule has 6 nitrogen and oxygen atoms in total. The Balaban J connectivity index is 1.69. The number of para-hydroxylation sites is 1. The fraction of sp³-hybridized carbons (Fsp3) is 0.200. The minimum absolute atomic E-state index is 0.0546. The number of fused-ring (bicyclic) bond motifs is 1. The summed E-state index contributed by atoms with van der Waals surface area (Å²) in [6, 6.07) is 14.2. The predicted octanol–water partition coefficient (Wildman–Crippen LogP) is 3.93. The van der Waals surface area contributed by atoms with E-state index < -0.39 is 18.0 Å². The van der Waals surface area contributed by atoms with Crippen LogP contribution in [0.5, 0.6) is 5.75 Å². The standard InChI is InChI=1S/C20H19NO5/c1-12-8-9-17(24-3)15(10-12)21-19(22)13(2)25-20(23)18-11-14-6-4-5-7-16(14)26-18/h4-11,13H,1-3H3,(H,21,22)/t13-/m0/s1. The van der Waals surface area contributed by atoms with Crippen molar-refractivity contribution in [3.05, 3.63) is 59.9 Å². The number of furan rings is 1. The van der Waals surface area contributed by atoms with Crippen molar-refractivity contribution in [2.75, 3.05) is 12.4 Å². The zero-order valence-corrected chi connectivity index (χ0v) is 14.7. The lowest BCUT2D eigenvalue weighted by Crippen LogP contribution is -2.30. The molecule has 6 heteroatoms. The molecule has 0 saturated carbocycles. The second-order valence-electron chi connectivity index (χ2n) is 5.89. The van der Waals surface area contributed by atoms with Gasteiger partial charge in [0.2, 0.25) is 5.76 Å². The smallest absolute Gasteiger partial charge is 0.375 e. The number of benzene rings is 2. The maximum Gasteiger partial charge on any atom is 0.375 e. The Morgan fingerprint density at radius 1 is 1.12 bits per heavy atom. The largest absolute Gasteiger partial charge is 0.495 e. The predicted molar refractivity (Wildman–Crippen MR) is 97.5 cm³/mol. The summed E-state index contributed by atoms with van der Waals surface area (Å²) in [6.45, 7) is 3.40. The Morgan fingerprint density at radius 2 is 1.88 bits per heavy atom. The lowest BCUT2D eigenvalue weighted by Gasteiger charge is -2.15. The molecule has 1 heterocycles. The van der Waals surface area contributed by atoms with Crippen LogP contribution in [0.4, 0.5) is 5.69 Å². The number of carbonyl (C=O) groups is 2. The molecular weight excluding hydrogens is 334 g/mol. The van der Waals surface area contributed by atoms with Crippen molar-refractivity contribution in [2.45, 2.75) is 20.0 Å². The van der Waals surface area contributed by atoms with Crippen LogP contribution in [0.3, 0.4) is 0 Å². The molecule has 1 amide bonds. The second kappa shape index (κ2) is 7.31. The molecule has 1 atom stereocenters. The highest BCUT2D eigenvalue weighted by Gasteiger charge is 2.22. The molecule has 0 aliphatic heterocycles. The van der Waals surface area contributed by atoms with E-state index in [0.29, 0.717) is 17.0 Å². The van der Waals surface area contributed by atoms with E-state index in [4.69, 9.17) is 13.9 Å². The van der Waals surface area contributed by atoms with Crippen LogP contribution in [-0.4, -0.2) is 25.1 Å². The van der Waals surface area contributed by atoms with Gasteiger partial charge in [-0.25, -0.2) is 4.79 Å². The van der Waals surface area contributed by atoms with Gasteiger partial charge in [0.25, 0.3) is 5.91 Å². The fourth-order valence-electron chi connectivity index (χ4n) is 2.51. The number of ether oxygens (including phenoxy) is 2. The van der Waals surface area contributed by atoms with Crippen LogP contribution in [0.1, 0.15) is 23.0 Å². The monoisotopic (exact) mass is 353 g/mol. The molecule has 0 fully saturated rings. The summed E-state index contributed by atoms with van der Waals surface area (Å²) < 4.78 is 15.9. The van der Waals surface area contributed by atoms with Gasteiger partial charge >= 0.3 is 5.97 Å². The number of hydrogen-bond donors (Lipinski definition) is 1. The lowest BCUT2D eigenvalue weighted by molar-refractivity contribution is -0.123. The zero-order valence-electron chi connectivity index (χ0n) is 14.7. The number of methoxy groups -OCH3 is 1. The van der Waals surface area contributed by atoms with Crippen molar-refractivity contribution in [2.24, 2.45) is 0 Å². The van der Waals surface area contributed by atoms with Crippen molar-refractivity contribution in [1.29, 1.82) is 0 Å². The first-order valence-electron chi connectivity index (χ1n) is 8.13. The third-order valence-electron chi connectivity index (χ3n) is 3.89. The molecule has 0 unspecified atom stereocenters. The molecule has 3 rings (SSSR count). The lowest BCUT2D eigenvalue weighted by atomic mass is 10.2. The van der Waals surface area contributed by atoms with Gasteiger partial charge in [-0.2, -0.15) is 0 Å². The molecule has 0 bridgehead atoms. The highest BCUT2D eigenvalue weighted by atomic mass is 16.6. The minimum Gasteiger partial charge on any atom is -0.495 e. The first kappa shape index (κ1) is 17.5. The average Bonchev–Trinajstić information content (AvgIpc) is 3.06. The van der Waals surface area contributed by atoms with Gasteiger partial charge in [-0.15, -0.1) is 0 Å². The number of carbonyl (C=O) groups excluding carboxylic acids is 2. The van der Waals surface area contributed by atoms with Crippen LogP contribution >= 0.6 is 0 Å². The first-order valence-corrected chi connectivity index (χ1v) is 8.13. The third kappa shape index (κ3) is 3.69. The Labute approximate surface area is 150 Å². The number of rotatable bonds is 5. The molecule has 134 valence electrons. The maximum absolute atomic E-state index is 12.4. The number of amides is 1. The van der Waals surface area contributed by atoms with E-state index in [2.05, 4.69) is 5.32 Å². The van der Waals surface area contributed by atoms with Gasteiger partial charge < -0.3 is 19.2 Å². The maximum atomic E-state index is 12.4. The van der Waals surface area contributed by atoms with Gasteiger partial charge in [0, 0.05) is 5.39 Å². The SMILES string of the molecule is COc1ccc(C)cc1NC(=O)[C@H](C)OC(=O)c1cc2ccccc2o1. The van der Waals surface area contributed by atoms with Crippen molar-refractivity contribution in [1.82, 2.24) is 0 Å². The van der Waals surface area contributed by atoms with Crippen LogP contribution < -0.4 is 10.1 Å². The van der Waals surface area contributed by atoms with E-state index in [1.807, 2.05) is 31.2 Å². The molecular formula is C20H19NO5. The number of anilines is 1. The van der Waals surface area contributed by atoms with E-state index in [-0.39, 0.29) is 5.76 Å².